The number of carbonyl (C=O) groups excluding carboxylic acids is 3. The minimum Gasteiger partial charge on any atom is -0.459 e. The van der Waals surface area contributed by atoms with Crippen LogP contribution in [-0.2, 0) is 35.5 Å². The molecule has 2 bridgehead atoms. The fourth-order valence-corrected chi connectivity index (χ4v) is 7.50. The van der Waals surface area contributed by atoms with Crippen molar-refractivity contribution in [3.05, 3.63) is 105 Å². The standard InChI is InChI=1S/C28H19Cl4NO4/c1-14(26(36)37-13-15-10-11-20(29)21(30)12-15)33-24(34)22-23(25(33)35)28(32)17-7-3-2-6-16(17)27(22,31)18-8-4-5-9-19(18)28/h2-12,14,22-23H,13H2,1H3/t14-,22-,23-,27?,28?/m1/s1. The fraction of sp³-hybridized carbons (Fsp3) is 0.250. The molecule has 1 heterocycles. The van der Waals surface area contributed by atoms with Crippen LogP contribution < -0.4 is 0 Å². The second-order valence-corrected chi connectivity index (χ2v) is 11.6. The number of imide groups is 1. The molecule has 1 saturated heterocycles. The first kappa shape index (κ1) is 24.7. The Morgan fingerprint density at radius 2 is 1.30 bits per heavy atom. The van der Waals surface area contributed by atoms with Crippen molar-refractivity contribution in [1.29, 1.82) is 0 Å². The van der Waals surface area contributed by atoms with Gasteiger partial charge in [-0.3, -0.25) is 14.5 Å². The maximum atomic E-state index is 13.9. The predicted molar refractivity (Wildman–Crippen MR) is 141 cm³/mol. The molecule has 3 aromatic carbocycles. The molecule has 4 aliphatic rings. The van der Waals surface area contributed by atoms with Crippen LogP contribution >= 0.6 is 46.4 Å². The summed E-state index contributed by atoms with van der Waals surface area (Å²) < 4.78 is 5.44. The molecule has 0 aromatic heterocycles. The van der Waals surface area contributed by atoms with Crippen molar-refractivity contribution in [3.63, 3.8) is 0 Å². The summed E-state index contributed by atoms with van der Waals surface area (Å²) in [5.41, 5.74) is 3.41. The number of hydrogen-bond acceptors (Lipinski definition) is 4. The van der Waals surface area contributed by atoms with Gasteiger partial charge in [0.25, 0.3) is 0 Å². The van der Waals surface area contributed by atoms with E-state index in [4.69, 9.17) is 51.1 Å². The molecule has 3 aromatic rings. The summed E-state index contributed by atoms with van der Waals surface area (Å²) in [6.45, 7) is 1.37. The molecule has 2 amide bonds. The van der Waals surface area contributed by atoms with E-state index in [1.54, 1.807) is 18.2 Å². The van der Waals surface area contributed by atoms with E-state index in [-0.39, 0.29) is 6.61 Å². The minimum atomic E-state index is -1.31. The summed E-state index contributed by atoms with van der Waals surface area (Å²) in [7, 11) is 0. The van der Waals surface area contributed by atoms with Crippen molar-refractivity contribution in [1.82, 2.24) is 4.90 Å². The summed E-state index contributed by atoms with van der Waals surface area (Å²) >= 11 is 26.8. The Hall–Kier alpha value is -2.57. The van der Waals surface area contributed by atoms with E-state index < -0.39 is 45.4 Å². The number of amides is 2. The summed E-state index contributed by atoms with van der Waals surface area (Å²) in [5, 5.41) is 0.703. The Balaban J connectivity index is 1.37. The quantitative estimate of drug-likeness (QED) is 0.217. The number of rotatable bonds is 4. The van der Waals surface area contributed by atoms with Gasteiger partial charge in [-0.25, -0.2) is 4.79 Å². The lowest BCUT2D eigenvalue weighted by Gasteiger charge is -2.54. The second-order valence-electron chi connectivity index (χ2n) is 9.55. The molecule has 3 atom stereocenters. The van der Waals surface area contributed by atoms with Crippen LogP contribution in [0.15, 0.2) is 66.7 Å². The second kappa shape index (κ2) is 8.47. The van der Waals surface area contributed by atoms with Crippen LogP contribution in [0.5, 0.6) is 0 Å². The first-order valence-corrected chi connectivity index (χ1v) is 13.2. The van der Waals surface area contributed by atoms with Gasteiger partial charge >= 0.3 is 5.97 Å². The molecule has 3 aliphatic carbocycles. The van der Waals surface area contributed by atoms with E-state index in [1.807, 2.05) is 48.5 Å². The van der Waals surface area contributed by atoms with Gasteiger partial charge in [-0.15, -0.1) is 23.2 Å². The zero-order chi connectivity index (χ0) is 26.3. The third kappa shape index (κ3) is 3.21. The smallest absolute Gasteiger partial charge is 0.329 e. The fourth-order valence-electron chi connectivity index (χ4n) is 6.08. The molecule has 1 fully saturated rings. The van der Waals surface area contributed by atoms with Crippen LogP contribution in [0.25, 0.3) is 0 Å². The van der Waals surface area contributed by atoms with Gasteiger partial charge < -0.3 is 4.74 Å². The van der Waals surface area contributed by atoms with E-state index in [2.05, 4.69) is 0 Å². The number of likely N-dealkylation sites (tertiary alicyclic amines) is 1. The van der Waals surface area contributed by atoms with Crippen LogP contribution in [-0.4, -0.2) is 28.7 Å². The first-order chi connectivity index (χ1) is 17.6. The first-order valence-electron chi connectivity index (χ1n) is 11.7. The van der Waals surface area contributed by atoms with Gasteiger partial charge in [-0.2, -0.15) is 0 Å². The summed E-state index contributed by atoms with van der Waals surface area (Å²) in [4.78, 5) is 39.3. The Bertz CT molecular complexity index is 1380. The van der Waals surface area contributed by atoms with Crippen LogP contribution in [0.2, 0.25) is 10.0 Å². The third-order valence-corrected chi connectivity index (χ3v) is 9.74. The predicted octanol–water partition coefficient (Wildman–Crippen LogP) is 6.02. The molecule has 5 nitrogen and oxygen atoms in total. The zero-order valence-electron chi connectivity index (χ0n) is 19.4. The number of esters is 1. The van der Waals surface area contributed by atoms with Gasteiger partial charge in [0.1, 0.15) is 22.4 Å². The lowest BCUT2D eigenvalue weighted by Crippen LogP contribution is -2.57. The monoisotopic (exact) mass is 573 g/mol. The topological polar surface area (TPSA) is 63.7 Å². The molecule has 1 aliphatic heterocycles. The molecule has 7 rings (SSSR count). The van der Waals surface area contributed by atoms with Crippen LogP contribution in [0.3, 0.4) is 0 Å². The Morgan fingerprint density at radius 1 is 0.838 bits per heavy atom. The highest BCUT2D eigenvalue weighted by atomic mass is 35.5. The highest BCUT2D eigenvalue weighted by Crippen LogP contribution is 2.69. The van der Waals surface area contributed by atoms with Crippen LogP contribution in [0, 0.1) is 11.8 Å². The molecule has 37 heavy (non-hydrogen) atoms. The summed E-state index contributed by atoms with van der Waals surface area (Å²) in [6.07, 6.45) is 0. The Labute approximate surface area is 233 Å². The number of ether oxygens (including phenoxy) is 1. The van der Waals surface area contributed by atoms with Crippen molar-refractivity contribution >= 4 is 64.2 Å². The third-order valence-electron chi connectivity index (χ3n) is 7.71. The molecule has 0 saturated carbocycles. The number of nitrogens with zero attached hydrogens (tertiary/aromatic N) is 1. The summed E-state index contributed by atoms with van der Waals surface area (Å²) in [5.74, 6) is -3.78. The molecular formula is C28H19Cl4NO4. The van der Waals surface area contributed by atoms with Crippen molar-refractivity contribution in [3.8, 4) is 0 Å². The van der Waals surface area contributed by atoms with Gasteiger partial charge in [-0.05, 0) is 46.9 Å². The SMILES string of the molecule is C[C@H](C(=O)OCc1ccc(Cl)c(Cl)c1)N1C(=O)[C@H]2[C@H](C1=O)C1(Cl)c3ccccc3C2(Cl)c2ccccc21. The van der Waals surface area contributed by atoms with Gasteiger partial charge in [0.2, 0.25) is 11.8 Å². The number of benzene rings is 3. The molecule has 0 spiro atoms. The number of halogens is 4. The number of carbonyl (C=O) groups is 3. The maximum Gasteiger partial charge on any atom is 0.329 e. The van der Waals surface area contributed by atoms with Gasteiger partial charge in [0.05, 0.1) is 21.9 Å². The van der Waals surface area contributed by atoms with E-state index >= 15 is 0 Å². The van der Waals surface area contributed by atoms with Gasteiger partial charge in [-0.1, -0.05) is 77.8 Å². The van der Waals surface area contributed by atoms with E-state index in [0.29, 0.717) is 37.9 Å². The number of hydrogen-bond donors (Lipinski definition) is 0. The van der Waals surface area contributed by atoms with Gasteiger partial charge in [0.15, 0.2) is 0 Å². The molecule has 0 N–H and O–H groups in total. The maximum absolute atomic E-state index is 13.9. The van der Waals surface area contributed by atoms with Crippen molar-refractivity contribution in [2.45, 2.75) is 29.3 Å². The molecular weight excluding hydrogens is 556 g/mol. The van der Waals surface area contributed by atoms with Gasteiger partial charge in [0, 0.05) is 0 Å². The largest absolute Gasteiger partial charge is 0.459 e. The van der Waals surface area contributed by atoms with Crippen LogP contribution in [0.4, 0.5) is 0 Å². The molecule has 0 unspecified atom stereocenters. The van der Waals surface area contributed by atoms with E-state index in [1.165, 1.54) is 6.92 Å². The van der Waals surface area contributed by atoms with Crippen molar-refractivity contribution in [2.24, 2.45) is 11.8 Å². The van der Waals surface area contributed by atoms with E-state index in [9.17, 15) is 14.4 Å². The minimum absolute atomic E-state index is 0.0983. The van der Waals surface area contributed by atoms with E-state index in [0.717, 1.165) is 4.90 Å². The zero-order valence-corrected chi connectivity index (χ0v) is 22.4. The highest BCUT2D eigenvalue weighted by molar-refractivity contribution is 6.42. The highest BCUT2D eigenvalue weighted by Gasteiger charge is 2.73. The average Bonchev–Trinajstić information content (AvgIpc) is 3.18. The normalized spacial score (nSPS) is 28.0. The lowest BCUT2D eigenvalue weighted by atomic mass is 9.54. The molecule has 0 radical (unpaired) electrons. The number of alkyl halides is 2. The molecule has 9 heteroatoms. The van der Waals surface area contributed by atoms with Crippen molar-refractivity contribution in [2.75, 3.05) is 0 Å². The lowest BCUT2D eigenvalue weighted by molar-refractivity contribution is -0.159. The average molecular weight is 575 g/mol. The van der Waals surface area contributed by atoms with Crippen LogP contribution in [0.1, 0.15) is 34.7 Å². The summed E-state index contributed by atoms with van der Waals surface area (Å²) in [6, 6.07) is 18.4. The Kier molecular flexibility index (Phi) is 5.67. The molecule has 188 valence electrons. The Morgan fingerprint density at radius 3 is 1.73 bits per heavy atom. The van der Waals surface area contributed by atoms with Crippen molar-refractivity contribution < 1.29 is 19.1 Å².